The fourth-order valence-electron chi connectivity index (χ4n) is 1.28. The number of phenols is 1. The molecule has 0 spiro atoms. The number of halogens is 1. The van der Waals surface area contributed by atoms with Crippen LogP contribution in [0.4, 0.5) is 10.1 Å². The standard InChI is InChI=1S/C9H11FN2O3/c10-4-3-8(11)7-5-6(13)1-2-9(7)12(14)15/h1-2,5,8,13H,3-4,11H2/t8-/m1/s1. The van der Waals surface area contributed by atoms with Crippen LogP contribution < -0.4 is 5.73 Å². The minimum absolute atomic E-state index is 0.00963. The first kappa shape index (κ1) is 11.4. The lowest BCUT2D eigenvalue weighted by molar-refractivity contribution is -0.385. The highest BCUT2D eigenvalue weighted by Crippen LogP contribution is 2.29. The third kappa shape index (κ3) is 2.63. The highest BCUT2D eigenvalue weighted by molar-refractivity contribution is 5.46. The fourth-order valence-corrected chi connectivity index (χ4v) is 1.28. The average Bonchev–Trinajstić information content (AvgIpc) is 2.17. The largest absolute Gasteiger partial charge is 0.508 e. The first-order valence-electron chi connectivity index (χ1n) is 4.35. The second-order valence-electron chi connectivity index (χ2n) is 3.08. The highest BCUT2D eigenvalue weighted by atomic mass is 19.1. The van der Waals surface area contributed by atoms with E-state index in [2.05, 4.69) is 0 Å². The summed E-state index contributed by atoms with van der Waals surface area (Å²) in [4.78, 5) is 10.0. The van der Waals surface area contributed by atoms with Gasteiger partial charge in [-0.3, -0.25) is 14.5 Å². The van der Waals surface area contributed by atoms with Crippen LogP contribution in [0.2, 0.25) is 0 Å². The second-order valence-corrected chi connectivity index (χ2v) is 3.08. The zero-order chi connectivity index (χ0) is 11.4. The zero-order valence-electron chi connectivity index (χ0n) is 7.89. The number of nitrogens with two attached hydrogens (primary N) is 1. The van der Waals surface area contributed by atoms with Crippen LogP contribution in [-0.4, -0.2) is 16.7 Å². The Morgan fingerprint density at radius 3 is 2.80 bits per heavy atom. The summed E-state index contributed by atoms with van der Waals surface area (Å²) < 4.78 is 12.1. The molecule has 0 saturated heterocycles. The highest BCUT2D eigenvalue weighted by Gasteiger charge is 2.19. The minimum atomic E-state index is -0.775. The Morgan fingerprint density at radius 2 is 2.27 bits per heavy atom. The van der Waals surface area contributed by atoms with Gasteiger partial charge in [0, 0.05) is 12.1 Å². The van der Waals surface area contributed by atoms with Gasteiger partial charge in [0.1, 0.15) is 5.75 Å². The Kier molecular flexibility index (Phi) is 3.56. The van der Waals surface area contributed by atoms with E-state index in [1.807, 2.05) is 0 Å². The molecule has 1 aromatic carbocycles. The van der Waals surface area contributed by atoms with Crippen molar-refractivity contribution in [2.24, 2.45) is 5.73 Å². The van der Waals surface area contributed by atoms with Crippen molar-refractivity contribution in [2.45, 2.75) is 12.5 Å². The molecule has 0 aliphatic rings. The molecule has 0 aliphatic heterocycles. The summed E-state index contributed by atoms with van der Waals surface area (Å²) in [6.45, 7) is -0.659. The molecule has 82 valence electrons. The first-order valence-corrected chi connectivity index (χ1v) is 4.35. The number of nitrogens with zero attached hydrogens (tertiary/aromatic N) is 1. The number of rotatable bonds is 4. The fraction of sp³-hybridized carbons (Fsp3) is 0.333. The van der Waals surface area contributed by atoms with Crippen molar-refractivity contribution in [3.05, 3.63) is 33.9 Å². The van der Waals surface area contributed by atoms with Gasteiger partial charge in [-0.1, -0.05) is 0 Å². The number of alkyl halides is 1. The van der Waals surface area contributed by atoms with Crippen molar-refractivity contribution in [2.75, 3.05) is 6.67 Å². The quantitative estimate of drug-likeness (QED) is 0.589. The molecule has 0 unspecified atom stereocenters. The number of hydrogen-bond donors (Lipinski definition) is 2. The molecule has 1 atom stereocenters. The third-order valence-electron chi connectivity index (χ3n) is 2.03. The molecule has 5 nitrogen and oxygen atoms in total. The molecule has 15 heavy (non-hydrogen) atoms. The maximum absolute atomic E-state index is 12.1. The molecule has 0 amide bonds. The third-order valence-corrected chi connectivity index (χ3v) is 2.03. The van der Waals surface area contributed by atoms with E-state index in [-0.39, 0.29) is 23.4 Å². The van der Waals surface area contributed by atoms with Crippen molar-refractivity contribution < 1.29 is 14.4 Å². The Bertz CT molecular complexity index is 370. The molecule has 0 heterocycles. The molecule has 0 bridgehead atoms. The van der Waals surface area contributed by atoms with Gasteiger partial charge >= 0.3 is 0 Å². The predicted molar refractivity (Wildman–Crippen MR) is 52.3 cm³/mol. The number of nitro groups is 1. The number of nitro benzene ring substituents is 1. The van der Waals surface area contributed by atoms with Crippen LogP contribution in [0, 0.1) is 10.1 Å². The summed E-state index contributed by atoms with van der Waals surface area (Å²) in [6.07, 6.45) is -0.00963. The van der Waals surface area contributed by atoms with Crippen LogP contribution in [0.15, 0.2) is 18.2 Å². The summed E-state index contributed by atoms with van der Waals surface area (Å²) in [7, 11) is 0. The summed E-state index contributed by atoms with van der Waals surface area (Å²) in [5.41, 5.74) is 5.51. The van der Waals surface area contributed by atoms with E-state index in [0.717, 1.165) is 6.07 Å². The topological polar surface area (TPSA) is 89.4 Å². The van der Waals surface area contributed by atoms with E-state index >= 15 is 0 Å². The van der Waals surface area contributed by atoms with Crippen LogP contribution >= 0.6 is 0 Å². The van der Waals surface area contributed by atoms with Gasteiger partial charge in [-0.2, -0.15) is 0 Å². The molecule has 0 aromatic heterocycles. The molecular formula is C9H11FN2O3. The lowest BCUT2D eigenvalue weighted by Gasteiger charge is -2.10. The maximum Gasteiger partial charge on any atom is 0.274 e. The van der Waals surface area contributed by atoms with Crippen LogP contribution in [-0.2, 0) is 0 Å². The molecular weight excluding hydrogens is 203 g/mol. The van der Waals surface area contributed by atoms with Gasteiger partial charge in [-0.15, -0.1) is 0 Å². The summed E-state index contributed by atoms with van der Waals surface area (Å²) >= 11 is 0. The van der Waals surface area contributed by atoms with Crippen molar-refractivity contribution >= 4 is 5.69 Å². The van der Waals surface area contributed by atoms with Crippen molar-refractivity contribution in [3.63, 3.8) is 0 Å². The molecule has 0 aliphatic carbocycles. The van der Waals surface area contributed by atoms with E-state index in [0.29, 0.717) is 0 Å². The summed E-state index contributed by atoms with van der Waals surface area (Å²) in [6, 6.07) is 2.77. The molecule has 1 rings (SSSR count). The van der Waals surface area contributed by atoms with Crippen molar-refractivity contribution in [3.8, 4) is 5.75 Å². The Balaban J connectivity index is 3.12. The number of benzene rings is 1. The average molecular weight is 214 g/mol. The Hall–Kier alpha value is -1.69. The van der Waals surface area contributed by atoms with E-state index in [4.69, 9.17) is 10.8 Å². The normalized spacial score (nSPS) is 12.4. The van der Waals surface area contributed by atoms with Gasteiger partial charge in [0.15, 0.2) is 0 Å². The van der Waals surface area contributed by atoms with Crippen LogP contribution in [0.3, 0.4) is 0 Å². The van der Waals surface area contributed by atoms with Gasteiger partial charge in [-0.05, 0) is 18.6 Å². The molecule has 3 N–H and O–H groups in total. The SMILES string of the molecule is N[C@H](CCF)c1cc(O)ccc1[N+](=O)[O-]. The zero-order valence-corrected chi connectivity index (χ0v) is 7.89. The van der Waals surface area contributed by atoms with Crippen LogP contribution in [0.25, 0.3) is 0 Å². The molecule has 1 aromatic rings. The number of hydrogen-bond acceptors (Lipinski definition) is 4. The summed E-state index contributed by atoms with van der Waals surface area (Å²) in [5.74, 6) is -0.120. The van der Waals surface area contributed by atoms with E-state index in [9.17, 15) is 14.5 Å². The monoisotopic (exact) mass is 214 g/mol. The smallest absolute Gasteiger partial charge is 0.274 e. The molecule has 0 radical (unpaired) electrons. The van der Waals surface area contributed by atoms with Crippen molar-refractivity contribution in [1.82, 2.24) is 0 Å². The lowest BCUT2D eigenvalue weighted by Crippen LogP contribution is -2.12. The van der Waals surface area contributed by atoms with Crippen LogP contribution in [0.5, 0.6) is 5.75 Å². The first-order chi connectivity index (χ1) is 7.06. The van der Waals surface area contributed by atoms with Gasteiger partial charge < -0.3 is 10.8 Å². The molecule has 6 heteroatoms. The lowest BCUT2D eigenvalue weighted by atomic mass is 10.0. The number of aromatic hydroxyl groups is 1. The van der Waals surface area contributed by atoms with E-state index < -0.39 is 17.6 Å². The Labute approximate surface area is 85.5 Å². The summed E-state index contributed by atoms with van der Waals surface area (Å²) in [5, 5.41) is 19.8. The van der Waals surface area contributed by atoms with Gasteiger partial charge in [0.25, 0.3) is 5.69 Å². The van der Waals surface area contributed by atoms with Gasteiger partial charge in [-0.25, -0.2) is 0 Å². The maximum atomic E-state index is 12.1. The van der Waals surface area contributed by atoms with Crippen molar-refractivity contribution in [1.29, 1.82) is 0 Å². The van der Waals surface area contributed by atoms with Gasteiger partial charge in [0.2, 0.25) is 0 Å². The minimum Gasteiger partial charge on any atom is -0.508 e. The van der Waals surface area contributed by atoms with E-state index in [1.165, 1.54) is 12.1 Å². The Morgan fingerprint density at radius 1 is 1.60 bits per heavy atom. The molecule has 0 fully saturated rings. The predicted octanol–water partition coefficient (Wildman–Crippen LogP) is 1.66. The number of phenolic OH excluding ortho intramolecular Hbond substituents is 1. The van der Waals surface area contributed by atoms with Crippen LogP contribution in [0.1, 0.15) is 18.0 Å². The van der Waals surface area contributed by atoms with Gasteiger partial charge in [0.05, 0.1) is 17.2 Å². The van der Waals surface area contributed by atoms with E-state index in [1.54, 1.807) is 0 Å². The second kappa shape index (κ2) is 4.70. The molecule has 0 saturated carbocycles.